The van der Waals surface area contributed by atoms with E-state index in [9.17, 15) is 19.6 Å². The quantitative estimate of drug-likeness (QED) is 0.360. The summed E-state index contributed by atoms with van der Waals surface area (Å²) in [7, 11) is 0. The van der Waals surface area contributed by atoms with Gasteiger partial charge in [-0.15, -0.1) is 4.91 Å². The van der Waals surface area contributed by atoms with Crippen molar-refractivity contribution in [2.24, 2.45) is 17.0 Å². The Morgan fingerprint density at radius 1 is 1.15 bits per heavy atom. The molecule has 142 valence electrons. The van der Waals surface area contributed by atoms with Gasteiger partial charge in [0.05, 0.1) is 11.5 Å². The lowest BCUT2D eigenvalue weighted by molar-refractivity contribution is -0.124. The monoisotopic (exact) mass is 359 g/mol. The first kappa shape index (κ1) is 21.7. The Kier molecular flexibility index (Phi) is 7.87. The van der Waals surface area contributed by atoms with Crippen LogP contribution in [0.2, 0.25) is 0 Å². The highest BCUT2D eigenvalue weighted by Crippen LogP contribution is 2.37. The Labute approximate surface area is 155 Å². The molecule has 1 N–H and O–H groups in total. The summed E-state index contributed by atoms with van der Waals surface area (Å²) in [6.07, 6.45) is 4.39. The fourth-order valence-electron chi connectivity index (χ4n) is 2.82. The van der Waals surface area contributed by atoms with E-state index in [-0.39, 0.29) is 53.6 Å². The van der Waals surface area contributed by atoms with E-state index >= 15 is 0 Å². The van der Waals surface area contributed by atoms with Crippen molar-refractivity contribution < 1.29 is 14.7 Å². The molecule has 0 aliphatic heterocycles. The van der Waals surface area contributed by atoms with Gasteiger partial charge >= 0.3 is 0 Å². The molecule has 0 saturated carbocycles. The van der Waals surface area contributed by atoms with Gasteiger partial charge in [-0.05, 0) is 51.6 Å². The van der Waals surface area contributed by atoms with Crippen molar-refractivity contribution in [1.29, 1.82) is 0 Å². The fourth-order valence-corrected chi connectivity index (χ4v) is 2.82. The Bertz CT molecular complexity index is 712. The fraction of sp³-hybridized carbons (Fsp3) is 0.524. The number of nitroso groups, excluding NO2 is 1. The summed E-state index contributed by atoms with van der Waals surface area (Å²) in [6.45, 7) is 11.3. The van der Waals surface area contributed by atoms with E-state index in [0.29, 0.717) is 0 Å². The molecule has 1 aliphatic rings. The minimum Gasteiger partial charge on any atom is -0.511 e. The second-order valence-electron chi connectivity index (χ2n) is 7.62. The molecule has 0 unspecified atom stereocenters. The highest BCUT2D eigenvalue weighted by atomic mass is 16.3. The third kappa shape index (κ3) is 5.35. The summed E-state index contributed by atoms with van der Waals surface area (Å²) in [5.74, 6) is -1.85. The van der Waals surface area contributed by atoms with E-state index in [1.54, 1.807) is 0 Å². The molecule has 0 heterocycles. The lowest BCUT2D eigenvalue weighted by Crippen LogP contribution is -2.30. The molecule has 26 heavy (non-hydrogen) atoms. The summed E-state index contributed by atoms with van der Waals surface area (Å²) >= 11 is 0. The number of nitrogens with zero attached hydrogens (tertiary/aromatic N) is 1. The lowest BCUT2D eigenvalue weighted by Gasteiger charge is -2.25. The number of hydrogen-bond donors (Lipinski definition) is 1. The molecule has 0 amide bonds. The summed E-state index contributed by atoms with van der Waals surface area (Å²) < 4.78 is 0. The Morgan fingerprint density at radius 2 is 1.73 bits per heavy atom. The highest BCUT2D eigenvalue weighted by molar-refractivity contribution is 6.23. The molecular weight excluding hydrogens is 330 g/mol. The minimum absolute atomic E-state index is 0.0488. The predicted octanol–water partition coefficient (Wildman–Crippen LogP) is 5.35. The summed E-state index contributed by atoms with van der Waals surface area (Å²) in [6, 6.07) is 0. The summed E-state index contributed by atoms with van der Waals surface area (Å²) in [4.78, 5) is 37.0. The van der Waals surface area contributed by atoms with Crippen molar-refractivity contribution >= 4 is 11.6 Å². The van der Waals surface area contributed by atoms with Gasteiger partial charge in [0.25, 0.3) is 0 Å². The number of allylic oxidation sites excluding steroid dienone is 7. The van der Waals surface area contributed by atoms with Crippen LogP contribution in [0, 0.1) is 16.7 Å². The zero-order chi connectivity index (χ0) is 20.0. The van der Waals surface area contributed by atoms with E-state index in [0.717, 1.165) is 11.1 Å². The SMILES string of the molecule is CC(C)=CCC1=C(O)[C@@H](CC=C(C)C)C(=O)C(C(=O)CC(C)C)=C1N=O. The van der Waals surface area contributed by atoms with Crippen LogP contribution in [-0.2, 0) is 9.59 Å². The number of rotatable bonds is 8. The highest BCUT2D eigenvalue weighted by Gasteiger charge is 2.39. The van der Waals surface area contributed by atoms with Gasteiger partial charge in [0.15, 0.2) is 11.6 Å². The molecule has 5 heteroatoms. The number of aliphatic hydroxyl groups excluding tert-OH is 1. The summed E-state index contributed by atoms with van der Waals surface area (Å²) in [5, 5.41) is 13.6. The van der Waals surface area contributed by atoms with Crippen LogP contribution in [0.15, 0.2) is 51.1 Å². The third-order valence-electron chi connectivity index (χ3n) is 4.16. The van der Waals surface area contributed by atoms with Gasteiger partial charge < -0.3 is 5.11 Å². The first-order valence-corrected chi connectivity index (χ1v) is 8.94. The van der Waals surface area contributed by atoms with Crippen LogP contribution in [0.5, 0.6) is 0 Å². The second kappa shape index (κ2) is 9.41. The van der Waals surface area contributed by atoms with Gasteiger partial charge in [-0.2, -0.15) is 0 Å². The van der Waals surface area contributed by atoms with Crippen LogP contribution in [0.25, 0.3) is 0 Å². The first-order chi connectivity index (χ1) is 12.1. The molecule has 0 bridgehead atoms. The molecule has 0 aromatic rings. The minimum atomic E-state index is -0.845. The number of carbonyl (C=O) groups is 2. The molecule has 1 aliphatic carbocycles. The Hall–Kier alpha value is -2.30. The molecule has 0 saturated heterocycles. The zero-order valence-corrected chi connectivity index (χ0v) is 16.5. The molecule has 5 nitrogen and oxygen atoms in total. The van der Waals surface area contributed by atoms with Gasteiger partial charge in [-0.1, -0.05) is 37.1 Å². The van der Waals surface area contributed by atoms with Crippen molar-refractivity contribution in [2.75, 3.05) is 0 Å². The van der Waals surface area contributed by atoms with Crippen LogP contribution in [-0.4, -0.2) is 16.7 Å². The molecule has 0 radical (unpaired) electrons. The van der Waals surface area contributed by atoms with Gasteiger partial charge in [0.1, 0.15) is 11.5 Å². The number of ketones is 2. The Balaban J connectivity index is 3.54. The van der Waals surface area contributed by atoms with Crippen LogP contribution in [0.3, 0.4) is 0 Å². The standard InChI is InChI=1S/C21H29NO4/c1-12(2)7-9-15-19(22-26)18(17(23)11-14(5)6)21(25)16(20(15)24)10-8-13(3)4/h7-8,14,16,24H,9-11H2,1-6H3/t16-/m1/s1. The maximum absolute atomic E-state index is 12.9. The van der Waals surface area contributed by atoms with Crippen molar-refractivity contribution in [1.82, 2.24) is 0 Å². The zero-order valence-electron chi connectivity index (χ0n) is 16.5. The lowest BCUT2D eigenvalue weighted by atomic mass is 9.79. The smallest absolute Gasteiger partial charge is 0.179 e. The van der Waals surface area contributed by atoms with Crippen LogP contribution in [0.4, 0.5) is 0 Å². The van der Waals surface area contributed by atoms with Gasteiger partial charge in [0, 0.05) is 12.0 Å². The van der Waals surface area contributed by atoms with E-state index in [2.05, 4.69) is 5.18 Å². The van der Waals surface area contributed by atoms with Crippen LogP contribution < -0.4 is 0 Å². The van der Waals surface area contributed by atoms with Crippen molar-refractivity contribution in [2.45, 2.75) is 60.8 Å². The van der Waals surface area contributed by atoms with Crippen LogP contribution >= 0.6 is 0 Å². The molecular formula is C21H29NO4. The number of carbonyl (C=O) groups excluding carboxylic acids is 2. The first-order valence-electron chi connectivity index (χ1n) is 8.94. The van der Waals surface area contributed by atoms with Crippen molar-refractivity contribution in [3.8, 4) is 0 Å². The largest absolute Gasteiger partial charge is 0.511 e. The molecule has 1 rings (SSSR count). The molecule has 0 aromatic carbocycles. The van der Waals surface area contributed by atoms with E-state index in [1.807, 2.05) is 53.7 Å². The van der Waals surface area contributed by atoms with Gasteiger partial charge in [-0.25, -0.2) is 0 Å². The molecule has 0 fully saturated rings. The molecule has 0 spiro atoms. The normalized spacial score (nSPS) is 17.5. The average molecular weight is 359 g/mol. The van der Waals surface area contributed by atoms with Crippen molar-refractivity contribution in [3.63, 3.8) is 0 Å². The number of Topliss-reactive ketones (excluding diaryl/α,β-unsaturated/α-hetero) is 2. The molecule has 0 aromatic heterocycles. The average Bonchev–Trinajstić information content (AvgIpc) is 2.51. The maximum atomic E-state index is 12.9. The van der Waals surface area contributed by atoms with E-state index in [4.69, 9.17) is 0 Å². The third-order valence-corrected chi connectivity index (χ3v) is 4.16. The number of aliphatic hydroxyl groups is 1. The van der Waals surface area contributed by atoms with E-state index in [1.165, 1.54) is 0 Å². The topological polar surface area (TPSA) is 83.8 Å². The predicted molar refractivity (Wildman–Crippen MR) is 104 cm³/mol. The van der Waals surface area contributed by atoms with E-state index < -0.39 is 11.7 Å². The van der Waals surface area contributed by atoms with Crippen molar-refractivity contribution in [3.05, 3.63) is 50.8 Å². The van der Waals surface area contributed by atoms with Gasteiger partial charge in [-0.3, -0.25) is 9.59 Å². The van der Waals surface area contributed by atoms with Crippen LogP contribution in [0.1, 0.15) is 60.8 Å². The maximum Gasteiger partial charge on any atom is 0.179 e. The number of hydrogen-bond acceptors (Lipinski definition) is 5. The van der Waals surface area contributed by atoms with Gasteiger partial charge in [0.2, 0.25) is 0 Å². The summed E-state index contributed by atoms with van der Waals surface area (Å²) in [5.41, 5.74) is 1.93. The molecule has 1 atom stereocenters. The Morgan fingerprint density at radius 3 is 2.19 bits per heavy atom. The second-order valence-corrected chi connectivity index (χ2v) is 7.62.